The second-order valence-electron chi connectivity index (χ2n) is 5.82. The lowest BCUT2D eigenvalue weighted by Gasteiger charge is -2.16. The van der Waals surface area contributed by atoms with Gasteiger partial charge >= 0.3 is 12.6 Å². The molecule has 0 aliphatic carbocycles. The number of para-hydroxylation sites is 2. The molecule has 12 heteroatoms. The predicted molar refractivity (Wildman–Crippen MR) is 101 cm³/mol. The zero-order chi connectivity index (χ0) is 22.5. The number of halogens is 2. The molecule has 0 aliphatic rings. The molecule has 2 rings (SSSR count). The predicted octanol–water partition coefficient (Wildman–Crippen LogP) is 2.13. The summed E-state index contributed by atoms with van der Waals surface area (Å²) in [6.45, 7) is -1.85. The van der Waals surface area contributed by atoms with Gasteiger partial charge in [-0.05, 0) is 37.3 Å². The Kier molecular flexibility index (Phi) is 7.29. The van der Waals surface area contributed by atoms with Crippen molar-refractivity contribution in [3.05, 3.63) is 48.0 Å². The number of esters is 1. The summed E-state index contributed by atoms with van der Waals surface area (Å²) in [5.41, 5.74) is -0.243. The van der Waals surface area contributed by atoms with E-state index in [1.54, 1.807) is 0 Å². The van der Waals surface area contributed by atoms with Crippen molar-refractivity contribution in [2.24, 2.45) is 5.14 Å². The smallest absolute Gasteiger partial charge is 0.387 e. The highest BCUT2D eigenvalue weighted by Crippen LogP contribution is 2.26. The normalized spacial score (nSPS) is 12.2. The van der Waals surface area contributed by atoms with Gasteiger partial charge in [-0.25, -0.2) is 18.4 Å². The van der Waals surface area contributed by atoms with E-state index < -0.39 is 39.5 Å². The van der Waals surface area contributed by atoms with Gasteiger partial charge in [0, 0.05) is 0 Å². The highest BCUT2D eigenvalue weighted by atomic mass is 32.2. The third kappa shape index (κ3) is 5.87. The van der Waals surface area contributed by atoms with Gasteiger partial charge in [-0.3, -0.25) is 4.79 Å². The average Bonchev–Trinajstić information content (AvgIpc) is 2.67. The number of carbonyl (C=O) groups excluding carboxylic acids is 2. The van der Waals surface area contributed by atoms with Crippen molar-refractivity contribution in [3.8, 4) is 11.5 Å². The van der Waals surface area contributed by atoms with Gasteiger partial charge in [0.05, 0.1) is 18.4 Å². The number of ether oxygens (including phenoxy) is 3. The van der Waals surface area contributed by atoms with E-state index in [0.717, 1.165) is 6.07 Å². The Morgan fingerprint density at radius 2 is 1.77 bits per heavy atom. The summed E-state index contributed by atoms with van der Waals surface area (Å²) in [5, 5.41) is 7.41. The zero-order valence-electron chi connectivity index (χ0n) is 15.8. The number of hydrogen-bond donors (Lipinski definition) is 2. The number of nitrogens with two attached hydrogens (primary N) is 1. The maximum absolute atomic E-state index is 12.5. The van der Waals surface area contributed by atoms with E-state index in [1.165, 1.54) is 50.4 Å². The number of sulfonamides is 1. The summed E-state index contributed by atoms with van der Waals surface area (Å²) in [7, 11) is -2.96. The molecule has 30 heavy (non-hydrogen) atoms. The van der Waals surface area contributed by atoms with Crippen LogP contribution in [0, 0.1) is 0 Å². The van der Waals surface area contributed by atoms with E-state index in [4.69, 9.17) is 14.6 Å². The molecule has 0 heterocycles. The monoisotopic (exact) mass is 444 g/mol. The highest BCUT2D eigenvalue weighted by molar-refractivity contribution is 7.89. The summed E-state index contributed by atoms with van der Waals surface area (Å²) < 4.78 is 62.4. The van der Waals surface area contributed by atoms with E-state index in [2.05, 4.69) is 10.1 Å². The topological polar surface area (TPSA) is 134 Å². The van der Waals surface area contributed by atoms with Crippen LogP contribution in [-0.4, -0.2) is 40.1 Å². The number of alkyl halides is 2. The molecule has 0 aromatic heterocycles. The number of benzene rings is 2. The molecule has 0 fully saturated rings. The van der Waals surface area contributed by atoms with Crippen molar-refractivity contribution in [1.29, 1.82) is 0 Å². The summed E-state index contributed by atoms with van der Waals surface area (Å²) in [5.74, 6) is -2.18. The van der Waals surface area contributed by atoms with Crippen LogP contribution in [0.25, 0.3) is 0 Å². The van der Waals surface area contributed by atoms with Crippen LogP contribution in [0.15, 0.2) is 47.4 Å². The van der Waals surface area contributed by atoms with Crippen LogP contribution in [0.1, 0.15) is 17.3 Å². The molecule has 2 aromatic rings. The van der Waals surface area contributed by atoms with Crippen LogP contribution in [0.2, 0.25) is 0 Å². The fourth-order valence-electron chi connectivity index (χ4n) is 2.31. The number of methoxy groups -OCH3 is 1. The minimum absolute atomic E-state index is 0.0494. The number of anilines is 1. The molecule has 1 unspecified atom stereocenters. The summed E-state index contributed by atoms with van der Waals surface area (Å²) in [4.78, 5) is 24.1. The lowest BCUT2D eigenvalue weighted by molar-refractivity contribution is -0.123. The lowest BCUT2D eigenvalue weighted by atomic mass is 10.2. The number of hydrogen-bond acceptors (Lipinski definition) is 7. The molecule has 9 nitrogen and oxygen atoms in total. The first-order valence-electron chi connectivity index (χ1n) is 8.29. The van der Waals surface area contributed by atoms with Crippen molar-refractivity contribution in [3.63, 3.8) is 0 Å². The van der Waals surface area contributed by atoms with Gasteiger partial charge in [0.25, 0.3) is 5.91 Å². The molecule has 0 saturated carbocycles. The SMILES string of the molecule is COc1ccc(C(=O)OC(C)C(=O)Nc2ccccc2OC(F)F)cc1S(N)(=O)=O. The molecule has 1 amide bonds. The van der Waals surface area contributed by atoms with Gasteiger partial charge in [0.15, 0.2) is 6.10 Å². The van der Waals surface area contributed by atoms with Gasteiger partial charge in [-0.15, -0.1) is 0 Å². The Labute approximate surface area is 170 Å². The minimum atomic E-state index is -4.19. The number of amides is 1. The van der Waals surface area contributed by atoms with Crippen LogP contribution in [0.4, 0.5) is 14.5 Å². The third-order valence-electron chi connectivity index (χ3n) is 3.72. The average molecular weight is 444 g/mol. The minimum Gasteiger partial charge on any atom is -0.495 e. The molecule has 0 spiro atoms. The van der Waals surface area contributed by atoms with Gasteiger partial charge in [-0.1, -0.05) is 12.1 Å². The van der Waals surface area contributed by atoms with E-state index in [1.807, 2.05) is 0 Å². The molecule has 0 aliphatic heterocycles. The molecular formula is C18H18F2N2O7S. The molecule has 0 saturated heterocycles. The van der Waals surface area contributed by atoms with Crippen molar-refractivity contribution in [2.75, 3.05) is 12.4 Å². The maximum Gasteiger partial charge on any atom is 0.387 e. The first-order valence-corrected chi connectivity index (χ1v) is 9.84. The second kappa shape index (κ2) is 9.50. The number of rotatable bonds is 8. The number of carbonyl (C=O) groups is 2. The summed E-state index contributed by atoms with van der Waals surface area (Å²) in [6.07, 6.45) is -1.35. The molecule has 162 valence electrons. The zero-order valence-corrected chi connectivity index (χ0v) is 16.6. The number of primary sulfonamides is 1. The highest BCUT2D eigenvalue weighted by Gasteiger charge is 2.23. The standard InChI is InChI=1S/C18H18F2N2O7S/c1-10(16(23)22-12-5-3-4-6-13(12)29-18(19)20)28-17(24)11-7-8-14(27-2)15(9-11)30(21,25)26/h3-10,18H,1-2H3,(H,22,23)(H2,21,25,26). The first-order chi connectivity index (χ1) is 14.0. The van der Waals surface area contributed by atoms with E-state index in [9.17, 15) is 26.8 Å². The van der Waals surface area contributed by atoms with E-state index in [-0.39, 0.29) is 22.7 Å². The first kappa shape index (κ1) is 23.0. The molecule has 3 N–H and O–H groups in total. The molecular weight excluding hydrogens is 426 g/mol. The van der Waals surface area contributed by atoms with Gasteiger partial charge in [-0.2, -0.15) is 8.78 Å². The Morgan fingerprint density at radius 3 is 2.37 bits per heavy atom. The van der Waals surface area contributed by atoms with Crippen molar-refractivity contribution in [2.45, 2.75) is 24.5 Å². The Bertz CT molecular complexity index is 1040. The maximum atomic E-state index is 12.5. The van der Waals surface area contributed by atoms with Crippen molar-refractivity contribution in [1.82, 2.24) is 0 Å². The third-order valence-corrected chi connectivity index (χ3v) is 4.65. The Morgan fingerprint density at radius 1 is 1.10 bits per heavy atom. The van der Waals surface area contributed by atoms with Gasteiger partial charge in [0.1, 0.15) is 16.4 Å². The molecule has 0 bridgehead atoms. The van der Waals surface area contributed by atoms with Gasteiger partial charge < -0.3 is 19.5 Å². The Balaban J connectivity index is 2.14. The fourth-order valence-corrected chi connectivity index (χ4v) is 3.03. The van der Waals surface area contributed by atoms with Crippen LogP contribution in [0.5, 0.6) is 11.5 Å². The largest absolute Gasteiger partial charge is 0.495 e. The molecule has 0 radical (unpaired) electrons. The molecule has 2 aromatic carbocycles. The van der Waals surface area contributed by atoms with Crippen molar-refractivity contribution < 1.29 is 41.0 Å². The van der Waals surface area contributed by atoms with Crippen LogP contribution in [0.3, 0.4) is 0 Å². The van der Waals surface area contributed by atoms with E-state index >= 15 is 0 Å². The number of nitrogens with one attached hydrogen (secondary N) is 1. The van der Waals surface area contributed by atoms with Crippen molar-refractivity contribution >= 4 is 27.6 Å². The van der Waals surface area contributed by atoms with Crippen LogP contribution >= 0.6 is 0 Å². The molecule has 1 atom stereocenters. The van der Waals surface area contributed by atoms with Crippen LogP contribution in [-0.2, 0) is 19.6 Å². The second-order valence-corrected chi connectivity index (χ2v) is 7.35. The quantitative estimate of drug-likeness (QED) is 0.596. The summed E-state index contributed by atoms with van der Waals surface area (Å²) in [6, 6.07) is 8.86. The van der Waals surface area contributed by atoms with Crippen LogP contribution < -0.4 is 19.9 Å². The van der Waals surface area contributed by atoms with E-state index in [0.29, 0.717) is 0 Å². The lowest BCUT2D eigenvalue weighted by Crippen LogP contribution is -2.30. The summed E-state index contributed by atoms with van der Waals surface area (Å²) >= 11 is 0. The van der Waals surface area contributed by atoms with Gasteiger partial charge in [0.2, 0.25) is 10.0 Å². The Hall–Kier alpha value is -3.25. The fraction of sp³-hybridized carbons (Fsp3) is 0.222.